The topological polar surface area (TPSA) is 50.4 Å². The van der Waals surface area contributed by atoms with E-state index >= 15 is 0 Å². The van der Waals surface area contributed by atoms with Crippen molar-refractivity contribution in [2.75, 3.05) is 19.0 Å². The van der Waals surface area contributed by atoms with Crippen LogP contribution < -0.4 is 15.4 Å². The molecule has 0 aliphatic heterocycles. The quantitative estimate of drug-likeness (QED) is 0.827. The van der Waals surface area contributed by atoms with Gasteiger partial charge in [0.05, 0.1) is 7.11 Å². The van der Waals surface area contributed by atoms with Crippen LogP contribution in [0.5, 0.6) is 5.75 Å². The van der Waals surface area contributed by atoms with Crippen LogP contribution >= 0.6 is 0 Å². The normalized spacial score (nSPS) is 14.3. The fourth-order valence-electron chi connectivity index (χ4n) is 2.17. The molecule has 0 bridgehead atoms. The highest BCUT2D eigenvalue weighted by Crippen LogP contribution is 2.29. The first-order chi connectivity index (χ1) is 9.11. The van der Waals surface area contributed by atoms with Gasteiger partial charge in [0.2, 0.25) is 5.91 Å². The number of hydrogen-bond donors (Lipinski definition) is 2. The molecular weight excluding hydrogens is 240 g/mol. The minimum absolute atomic E-state index is 0.0437. The molecule has 0 saturated heterocycles. The average Bonchev–Trinajstić information content (AvgIpc) is 3.18. The van der Waals surface area contributed by atoms with Crippen LogP contribution in [0.1, 0.15) is 30.4 Å². The lowest BCUT2D eigenvalue weighted by Gasteiger charge is -2.14. The maximum atomic E-state index is 11.9. The number of aryl methyl sites for hydroxylation is 1. The second-order valence-electron chi connectivity index (χ2n) is 5.11. The second kappa shape index (κ2) is 6.06. The van der Waals surface area contributed by atoms with Crippen molar-refractivity contribution in [2.24, 2.45) is 0 Å². The number of amides is 1. The van der Waals surface area contributed by atoms with Crippen molar-refractivity contribution in [3.05, 3.63) is 23.3 Å². The number of methoxy groups -OCH3 is 1. The van der Waals surface area contributed by atoms with Gasteiger partial charge < -0.3 is 15.4 Å². The van der Waals surface area contributed by atoms with Gasteiger partial charge in [-0.3, -0.25) is 4.79 Å². The average molecular weight is 262 g/mol. The van der Waals surface area contributed by atoms with Crippen molar-refractivity contribution in [1.29, 1.82) is 0 Å². The molecule has 1 aromatic carbocycles. The summed E-state index contributed by atoms with van der Waals surface area (Å²) in [5, 5.41) is 6.28. The highest BCUT2D eigenvalue weighted by atomic mass is 16.5. The van der Waals surface area contributed by atoms with Crippen LogP contribution in [-0.2, 0) is 4.79 Å². The fraction of sp³-hybridized carbons (Fsp3) is 0.533. The summed E-state index contributed by atoms with van der Waals surface area (Å²) in [6.07, 6.45) is 3.00. The molecule has 0 heterocycles. The summed E-state index contributed by atoms with van der Waals surface area (Å²) in [7, 11) is 1.65. The van der Waals surface area contributed by atoms with Crippen LogP contribution in [0, 0.1) is 13.8 Å². The Morgan fingerprint density at radius 1 is 1.37 bits per heavy atom. The highest BCUT2D eigenvalue weighted by Gasteiger charge is 2.20. The minimum atomic E-state index is 0.0437. The number of nitrogens with one attached hydrogen (secondary N) is 2. The molecule has 104 valence electrons. The highest BCUT2D eigenvalue weighted by molar-refractivity contribution is 5.92. The lowest BCUT2D eigenvalue weighted by Crippen LogP contribution is -2.23. The second-order valence-corrected chi connectivity index (χ2v) is 5.11. The Morgan fingerprint density at radius 3 is 2.74 bits per heavy atom. The Balaban J connectivity index is 1.91. The Labute approximate surface area is 114 Å². The van der Waals surface area contributed by atoms with E-state index in [0.29, 0.717) is 12.5 Å². The van der Waals surface area contributed by atoms with Crippen molar-refractivity contribution in [2.45, 2.75) is 39.2 Å². The van der Waals surface area contributed by atoms with E-state index in [2.05, 4.69) is 10.6 Å². The molecular formula is C15H22N2O2. The summed E-state index contributed by atoms with van der Waals surface area (Å²) in [5.41, 5.74) is 2.89. The van der Waals surface area contributed by atoms with Crippen molar-refractivity contribution >= 4 is 11.6 Å². The van der Waals surface area contributed by atoms with Gasteiger partial charge in [-0.15, -0.1) is 0 Å². The molecule has 19 heavy (non-hydrogen) atoms. The molecule has 1 aliphatic carbocycles. The third-order valence-corrected chi connectivity index (χ3v) is 3.44. The van der Waals surface area contributed by atoms with Gasteiger partial charge in [0, 0.05) is 30.3 Å². The van der Waals surface area contributed by atoms with Crippen molar-refractivity contribution in [3.63, 3.8) is 0 Å². The Bertz CT molecular complexity index is 467. The molecule has 4 nitrogen and oxygen atoms in total. The number of anilines is 1. The Morgan fingerprint density at radius 2 is 2.11 bits per heavy atom. The molecule has 1 amide bonds. The van der Waals surface area contributed by atoms with E-state index in [-0.39, 0.29) is 5.91 Å². The molecule has 2 N–H and O–H groups in total. The summed E-state index contributed by atoms with van der Waals surface area (Å²) >= 11 is 0. The molecule has 0 aromatic heterocycles. The summed E-state index contributed by atoms with van der Waals surface area (Å²) < 4.78 is 5.36. The zero-order chi connectivity index (χ0) is 13.8. The van der Waals surface area contributed by atoms with Gasteiger partial charge in [-0.05, 0) is 38.3 Å². The first-order valence-corrected chi connectivity index (χ1v) is 6.79. The zero-order valence-electron chi connectivity index (χ0n) is 11.9. The largest absolute Gasteiger partial charge is 0.496 e. The summed E-state index contributed by atoms with van der Waals surface area (Å²) in [6.45, 7) is 4.71. The molecule has 0 radical (unpaired) electrons. The molecule has 0 unspecified atom stereocenters. The van der Waals surface area contributed by atoms with E-state index in [1.54, 1.807) is 7.11 Å². The van der Waals surface area contributed by atoms with E-state index in [0.717, 1.165) is 29.1 Å². The zero-order valence-corrected chi connectivity index (χ0v) is 11.9. The number of ether oxygens (including phenoxy) is 1. The summed E-state index contributed by atoms with van der Waals surface area (Å²) in [4.78, 5) is 11.9. The molecule has 4 heteroatoms. The van der Waals surface area contributed by atoms with Gasteiger partial charge in [-0.2, -0.15) is 0 Å². The Hall–Kier alpha value is -1.55. The number of carbonyl (C=O) groups is 1. The maximum absolute atomic E-state index is 11.9. The van der Waals surface area contributed by atoms with E-state index in [1.165, 1.54) is 12.8 Å². The number of carbonyl (C=O) groups excluding carboxylic acids is 1. The van der Waals surface area contributed by atoms with E-state index in [9.17, 15) is 4.79 Å². The van der Waals surface area contributed by atoms with Gasteiger partial charge in [0.15, 0.2) is 0 Å². The standard InChI is InChI=1S/C15H22N2O2/c1-10-4-7-13(11(2)15(10)19-3)17-14(18)8-9-16-12-5-6-12/h4,7,12,16H,5-6,8-9H2,1-3H3,(H,17,18). The molecule has 0 atom stereocenters. The summed E-state index contributed by atoms with van der Waals surface area (Å²) in [6, 6.07) is 4.54. The third-order valence-electron chi connectivity index (χ3n) is 3.44. The van der Waals surface area contributed by atoms with Crippen molar-refractivity contribution in [1.82, 2.24) is 5.32 Å². The number of rotatable bonds is 6. The lowest BCUT2D eigenvalue weighted by molar-refractivity contribution is -0.116. The monoisotopic (exact) mass is 262 g/mol. The number of hydrogen-bond acceptors (Lipinski definition) is 3. The van der Waals surface area contributed by atoms with E-state index < -0.39 is 0 Å². The Kier molecular flexibility index (Phi) is 4.43. The van der Waals surface area contributed by atoms with Gasteiger partial charge in [0.1, 0.15) is 5.75 Å². The first-order valence-electron chi connectivity index (χ1n) is 6.79. The number of benzene rings is 1. The third kappa shape index (κ3) is 3.70. The summed E-state index contributed by atoms with van der Waals surface area (Å²) in [5.74, 6) is 0.885. The molecule has 1 saturated carbocycles. The van der Waals surface area contributed by atoms with Crippen LogP contribution in [0.3, 0.4) is 0 Å². The van der Waals surface area contributed by atoms with E-state index in [4.69, 9.17) is 4.74 Å². The van der Waals surface area contributed by atoms with Crippen molar-refractivity contribution in [3.8, 4) is 5.75 Å². The van der Waals surface area contributed by atoms with Gasteiger partial charge in [-0.25, -0.2) is 0 Å². The molecule has 0 spiro atoms. The molecule has 1 aromatic rings. The first kappa shape index (κ1) is 13.9. The predicted molar refractivity (Wildman–Crippen MR) is 76.7 cm³/mol. The van der Waals surface area contributed by atoms with Crippen LogP contribution in [0.4, 0.5) is 5.69 Å². The maximum Gasteiger partial charge on any atom is 0.225 e. The van der Waals surface area contributed by atoms with Crippen LogP contribution in [0.2, 0.25) is 0 Å². The lowest BCUT2D eigenvalue weighted by atomic mass is 10.1. The van der Waals surface area contributed by atoms with Crippen LogP contribution in [0.15, 0.2) is 12.1 Å². The molecule has 1 fully saturated rings. The van der Waals surface area contributed by atoms with Crippen LogP contribution in [0.25, 0.3) is 0 Å². The fourth-order valence-corrected chi connectivity index (χ4v) is 2.17. The van der Waals surface area contributed by atoms with Crippen LogP contribution in [-0.4, -0.2) is 25.6 Å². The van der Waals surface area contributed by atoms with Gasteiger partial charge >= 0.3 is 0 Å². The van der Waals surface area contributed by atoms with Gasteiger partial charge in [0.25, 0.3) is 0 Å². The minimum Gasteiger partial charge on any atom is -0.496 e. The van der Waals surface area contributed by atoms with Crippen molar-refractivity contribution < 1.29 is 9.53 Å². The molecule has 1 aliphatic rings. The SMILES string of the molecule is COc1c(C)ccc(NC(=O)CCNC2CC2)c1C. The van der Waals surface area contributed by atoms with Gasteiger partial charge in [-0.1, -0.05) is 6.07 Å². The predicted octanol–water partition coefficient (Wildman–Crippen LogP) is 2.39. The smallest absolute Gasteiger partial charge is 0.225 e. The molecule has 2 rings (SSSR count). The van der Waals surface area contributed by atoms with E-state index in [1.807, 2.05) is 26.0 Å².